The summed E-state index contributed by atoms with van der Waals surface area (Å²) in [7, 11) is 0. The number of hydrogen-bond donors (Lipinski definition) is 1. The number of rotatable bonds is 6. The quantitative estimate of drug-likeness (QED) is 0.404. The maximum absolute atomic E-state index is 12.6. The molecule has 0 fully saturated rings. The topological polar surface area (TPSA) is 59.2 Å². The zero-order chi connectivity index (χ0) is 17.8. The van der Waals surface area contributed by atoms with Gasteiger partial charge in [0.25, 0.3) is 0 Å². The van der Waals surface area contributed by atoms with Gasteiger partial charge >= 0.3 is 5.97 Å². The molecular formula is C20H19NO3S. The van der Waals surface area contributed by atoms with Crippen LogP contribution in [0.1, 0.15) is 24.2 Å². The summed E-state index contributed by atoms with van der Waals surface area (Å²) in [6, 6.07) is 17.2. The fraction of sp³-hybridized carbons (Fsp3) is 0.200. The van der Waals surface area contributed by atoms with Crippen LogP contribution < -0.4 is 0 Å². The number of carbonyl (C=O) groups is 2. The molecule has 0 saturated carbocycles. The maximum Gasteiger partial charge on any atom is 0.319 e. The first-order valence-electron chi connectivity index (χ1n) is 8.09. The number of aromatic amines is 1. The van der Waals surface area contributed by atoms with E-state index in [0.717, 1.165) is 15.8 Å². The average Bonchev–Trinajstić information content (AvgIpc) is 3.05. The van der Waals surface area contributed by atoms with Crippen LogP contribution in [0.3, 0.4) is 0 Å². The molecular weight excluding hydrogens is 334 g/mol. The summed E-state index contributed by atoms with van der Waals surface area (Å²) in [4.78, 5) is 29.0. The molecule has 0 radical (unpaired) electrons. The number of Topliss-reactive ketones (excluding diaryl/α,β-unsaturated/α-hetero) is 1. The Bertz CT molecular complexity index is 888. The summed E-state index contributed by atoms with van der Waals surface area (Å²) in [6.07, 6.45) is 0.838. The molecule has 0 unspecified atom stereocenters. The minimum Gasteiger partial charge on any atom is -0.453 e. The summed E-state index contributed by atoms with van der Waals surface area (Å²) in [5.41, 5.74) is 1.43. The number of aromatic nitrogens is 1. The molecule has 5 heteroatoms. The van der Waals surface area contributed by atoms with Crippen LogP contribution in [-0.2, 0) is 9.53 Å². The summed E-state index contributed by atoms with van der Waals surface area (Å²) >= 11 is 1.41. The van der Waals surface area contributed by atoms with Crippen LogP contribution in [0, 0.1) is 0 Å². The molecule has 25 heavy (non-hydrogen) atoms. The third-order valence-corrected chi connectivity index (χ3v) is 5.00. The van der Waals surface area contributed by atoms with Crippen molar-refractivity contribution in [3.8, 4) is 0 Å². The molecule has 0 spiro atoms. The molecule has 0 saturated heterocycles. The second-order valence-electron chi connectivity index (χ2n) is 5.76. The monoisotopic (exact) mass is 353 g/mol. The largest absolute Gasteiger partial charge is 0.453 e. The van der Waals surface area contributed by atoms with E-state index in [-0.39, 0.29) is 11.0 Å². The van der Waals surface area contributed by atoms with Crippen molar-refractivity contribution in [1.82, 2.24) is 4.98 Å². The smallest absolute Gasteiger partial charge is 0.319 e. The Morgan fingerprint density at radius 3 is 2.44 bits per heavy atom. The molecule has 4 nitrogen and oxygen atoms in total. The molecule has 1 N–H and O–H groups in total. The fourth-order valence-electron chi connectivity index (χ4n) is 2.57. The number of benzene rings is 2. The summed E-state index contributed by atoms with van der Waals surface area (Å²) in [6.45, 7) is 3.39. The predicted octanol–water partition coefficient (Wildman–Crippen LogP) is 4.46. The van der Waals surface area contributed by atoms with Gasteiger partial charge in [0.1, 0.15) is 5.25 Å². The van der Waals surface area contributed by atoms with Crippen molar-refractivity contribution in [2.75, 3.05) is 0 Å². The number of hydrogen-bond acceptors (Lipinski definition) is 4. The predicted molar refractivity (Wildman–Crippen MR) is 99.9 cm³/mol. The Balaban J connectivity index is 1.65. The molecule has 2 aromatic carbocycles. The lowest BCUT2D eigenvalue weighted by molar-refractivity contribution is -0.145. The number of para-hydroxylation sites is 1. The third-order valence-electron chi connectivity index (χ3n) is 3.90. The number of nitrogens with one attached hydrogen (secondary N) is 1. The first-order valence-corrected chi connectivity index (χ1v) is 8.96. The van der Waals surface area contributed by atoms with Gasteiger partial charge in [0.15, 0.2) is 6.10 Å². The van der Waals surface area contributed by atoms with Crippen LogP contribution in [0.5, 0.6) is 0 Å². The Labute approximate surface area is 150 Å². The van der Waals surface area contributed by atoms with E-state index in [4.69, 9.17) is 4.74 Å². The SMILES string of the molecule is C[C@@H](OC(=O)[C@@H](C)Sc1ccccc1)C(=O)c1c[nH]c2ccccc12. The van der Waals surface area contributed by atoms with Crippen molar-refractivity contribution in [1.29, 1.82) is 0 Å². The molecule has 0 aliphatic carbocycles. The van der Waals surface area contributed by atoms with E-state index in [2.05, 4.69) is 4.98 Å². The standard InChI is InChI=1S/C20H19NO3S/c1-13(19(22)17-12-21-18-11-7-6-10-16(17)18)24-20(23)14(2)25-15-8-4-3-5-9-15/h3-14,21H,1-2H3/t13-,14-/m1/s1. The van der Waals surface area contributed by atoms with E-state index in [0.29, 0.717) is 5.56 Å². The molecule has 1 aromatic heterocycles. The lowest BCUT2D eigenvalue weighted by Gasteiger charge is -2.15. The zero-order valence-electron chi connectivity index (χ0n) is 14.1. The van der Waals surface area contributed by atoms with Crippen LogP contribution >= 0.6 is 11.8 Å². The van der Waals surface area contributed by atoms with Crippen LogP contribution in [0.15, 0.2) is 65.7 Å². The van der Waals surface area contributed by atoms with E-state index in [1.807, 2.05) is 54.6 Å². The van der Waals surface area contributed by atoms with Crippen molar-refractivity contribution in [3.05, 3.63) is 66.4 Å². The summed E-state index contributed by atoms with van der Waals surface area (Å²) in [5.74, 6) is -0.600. The maximum atomic E-state index is 12.6. The molecule has 3 aromatic rings. The van der Waals surface area contributed by atoms with Crippen molar-refractivity contribution in [2.45, 2.75) is 30.1 Å². The lowest BCUT2D eigenvalue weighted by Crippen LogP contribution is -2.28. The molecule has 3 rings (SSSR count). The minimum absolute atomic E-state index is 0.206. The normalized spacial score (nSPS) is 13.4. The Morgan fingerprint density at radius 1 is 1.00 bits per heavy atom. The molecule has 0 aliphatic heterocycles. The zero-order valence-corrected chi connectivity index (χ0v) is 14.9. The second-order valence-corrected chi connectivity index (χ2v) is 7.18. The van der Waals surface area contributed by atoms with Crippen LogP contribution in [0.25, 0.3) is 10.9 Å². The third kappa shape index (κ3) is 3.94. The van der Waals surface area contributed by atoms with Gasteiger partial charge in [-0.25, -0.2) is 0 Å². The Kier molecular flexibility index (Phi) is 5.24. The van der Waals surface area contributed by atoms with Crippen LogP contribution in [0.2, 0.25) is 0 Å². The number of thioether (sulfide) groups is 1. The molecule has 2 atom stereocenters. The van der Waals surface area contributed by atoms with E-state index in [1.54, 1.807) is 20.0 Å². The van der Waals surface area contributed by atoms with Gasteiger partial charge in [-0.1, -0.05) is 36.4 Å². The molecule has 1 heterocycles. The van der Waals surface area contributed by atoms with Crippen molar-refractivity contribution in [2.24, 2.45) is 0 Å². The number of carbonyl (C=O) groups excluding carboxylic acids is 2. The molecule has 0 amide bonds. The van der Waals surface area contributed by atoms with Crippen molar-refractivity contribution < 1.29 is 14.3 Å². The first-order chi connectivity index (χ1) is 12.1. The van der Waals surface area contributed by atoms with Gasteiger partial charge in [0, 0.05) is 27.6 Å². The van der Waals surface area contributed by atoms with Gasteiger partial charge in [-0.05, 0) is 32.0 Å². The van der Waals surface area contributed by atoms with E-state index >= 15 is 0 Å². The number of ketones is 1. The first kappa shape index (κ1) is 17.3. The number of esters is 1. The minimum atomic E-state index is -0.828. The van der Waals surface area contributed by atoms with Gasteiger partial charge in [-0.2, -0.15) is 0 Å². The highest BCUT2D eigenvalue weighted by Gasteiger charge is 2.25. The second kappa shape index (κ2) is 7.57. The van der Waals surface area contributed by atoms with Gasteiger partial charge < -0.3 is 9.72 Å². The van der Waals surface area contributed by atoms with E-state index in [9.17, 15) is 9.59 Å². The number of fused-ring (bicyclic) bond motifs is 1. The highest BCUT2D eigenvalue weighted by molar-refractivity contribution is 8.00. The highest BCUT2D eigenvalue weighted by Crippen LogP contribution is 2.25. The van der Waals surface area contributed by atoms with Gasteiger partial charge in [-0.15, -0.1) is 11.8 Å². The van der Waals surface area contributed by atoms with Crippen molar-refractivity contribution in [3.63, 3.8) is 0 Å². The van der Waals surface area contributed by atoms with E-state index in [1.165, 1.54) is 11.8 Å². The van der Waals surface area contributed by atoms with Gasteiger partial charge in [-0.3, -0.25) is 9.59 Å². The van der Waals surface area contributed by atoms with E-state index < -0.39 is 12.1 Å². The molecule has 0 aliphatic rings. The Hall–Kier alpha value is -2.53. The average molecular weight is 353 g/mol. The number of H-pyrrole nitrogens is 1. The fourth-order valence-corrected chi connectivity index (χ4v) is 3.44. The Morgan fingerprint density at radius 2 is 1.68 bits per heavy atom. The van der Waals surface area contributed by atoms with Gasteiger partial charge in [0.05, 0.1) is 0 Å². The highest BCUT2D eigenvalue weighted by atomic mass is 32.2. The lowest BCUT2D eigenvalue weighted by atomic mass is 10.1. The van der Waals surface area contributed by atoms with Gasteiger partial charge in [0.2, 0.25) is 5.78 Å². The summed E-state index contributed by atoms with van der Waals surface area (Å²) < 4.78 is 5.40. The van der Waals surface area contributed by atoms with Crippen molar-refractivity contribution >= 4 is 34.4 Å². The van der Waals surface area contributed by atoms with Crippen LogP contribution in [-0.4, -0.2) is 28.1 Å². The molecule has 128 valence electrons. The number of ether oxygens (including phenoxy) is 1. The van der Waals surface area contributed by atoms with Crippen LogP contribution in [0.4, 0.5) is 0 Å². The summed E-state index contributed by atoms with van der Waals surface area (Å²) in [5, 5.41) is 0.447. The molecule has 0 bridgehead atoms.